The number of ether oxygens (including phenoxy) is 2. The van der Waals surface area contributed by atoms with Crippen LogP contribution < -0.4 is 5.32 Å². The van der Waals surface area contributed by atoms with Gasteiger partial charge >= 0.3 is 5.97 Å². The molecule has 0 spiro atoms. The number of esters is 1. The van der Waals surface area contributed by atoms with Crippen LogP contribution >= 0.6 is 0 Å². The highest BCUT2D eigenvalue weighted by atomic mass is 32.2. The first-order chi connectivity index (χ1) is 16.4. The number of nitrogens with one attached hydrogen (secondary N) is 1. The van der Waals surface area contributed by atoms with E-state index in [4.69, 9.17) is 9.47 Å². The minimum atomic E-state index is -3.69. The Bertz CT molecular complexity index is 1330. The number of rotatable bonds is 7. The number of sulfonamides is 1. The normalized spacial score (nSPS) is 14.8. The molecule has 10 heteroatoms. The van der Waals surface area contributed by atoms with Crippen LogP contribution in [0.25, 0.3) is 17.0 Å². The van der Waals surface area contributed by atoms with Gasteiger partial charge in [-0.25, -0.2) is 18.2 Å². The molecule has 1 saturated heterocycles. The lowest BCUT2D eigenvalue weighted by molar-refractivity contribution is -0.142. The summed E-state index contributed by atoms with van der Waals surface area (Å²) in [6.07, 6.45) is 2.70. The van der Waals surface area contributed by atoms with E-state index < -0.39 is 28.5 Å². The van der Waals surface area contributed by atoms with E-state index in [2.05, 4.69) is 10.3 Å². The quantitative estimate of drug-likeness (QED) is 0.407. The Balaban J connectivity index is 1.31. The van der Waals surface area contributed by atoms with Crippen LogP contribution in [0.15, 0.2) is 71.6 Å². The van der Waals surface area contributed by atoms with Gasteiger partial charge in [-0.15, -0.1) is 0 Å². The fraction of sp³-hybridized carbons (Fsp3) is 0.208. The lowest BCUT2D eigenvalue weighted by atomic mass is 10.2. The standard InChI is InChI=1S/C24H23N3O6S/c28-23(17-33-24(29)11-10-19-9-8-18-4-1-2-7-22(18)25-19)26-20-5-3-6-21(16-20)34(30,31)27-12-14-32-15-13-27/h1-11,16H,12-15,17H2,(H,26,28)/b11-10+. The molecule has 0 unspecified atom stereocenters. The zero-order valence-corrected chi connectivity index (χ0v) is 19.0. The zero-order chi connectivity index (χ0) is 24.0. The number of carbonyl (C=O) groups excluding carboxylic acids is 2. The van der Waals surface area contributed by atoms with E-state index in [9.17, 15) is 18.0 Å². The van der Waals surface area contributed by atoms with Crippen LogP contribution in [-0.2, 0) is 29.1 Å². The molecule has 34 heavy (non-hydrogen) atoms. The van der Waals surface area contributed by atoms with Gasteiger partial charge in [0, 0.05) is 30.2 Å². The summed E-state index contributed by atoms with van der Waals surface area (Å²) in [5, 5.41) is 3.53. The summed E-state index contributed by atoms with van der Waals surface area (Å²) >= 11 is 0. The van der Waals surface area contributed by atoms with Crippen LogP contribution in [0.1, 0.15) is 5.69 Å². The third-order valence-corrected chi connectivity index (χ3v) is 6.98. The molecule has 1 N–H and O–H groups in total. The van der Waals surface area contributed by atoms with Crippen molar-refractivity contribution in [2.45, 2.75) is 4.90 Å². The molecule has 0 bridgehead atoms. The van der Waals surface area contributed by atoms with Crippen molar-refractivity contribution >= 4 is 44.6 Å². The number of hydrogen-bond donors (Lipinski definition) is 1. The lowest BCUT2D eigenvalue weighted by Gasteiger charge is -2.26. The Morgan fingerprint density at radius 3 is 2.68 bits per heavy atom. The van der Waals surface area contributed by atoms with Gasteiger partial charge in [0.05, 0.1) is 29.3 Å². The number of benzene rings is 2. The molecule has 1 aliphatic heterocycles. The molecule has 1 fully saturated rings. The predicted octanol–water partition coefficient (Wildman–Crippen LogP) is 2.45. The summed E-state index contributed by atoms with van der Waals surface area (Å²) in [5.41, 5.74) is 1.67. The highest BCUT2D eigenvalue weighted by molar-refractivity contribution is 7.89. The van der Waals surface area contributed by atoms with Crippen molar-refractivity contribution in [3.63, 3.8) is 0 Å². The van der Waals surface area contributed by atoms with Gasteiger partial charge in [-0.05, 0) is 36.4 Å². The van der Waals surface area contributed by atoms with Crippen molar-refractivity contribution in [3.05, 3.63) is 72.4 Å². The van der Waals surface area contributed by atoms with Gasteiger partial charge < -0.3 is 14.8 Å². The molecule has 2 aromatic carbocycles. The molecule has 0 atom stereocenters. The maximum atomic E-state index is 12.8. The number of aromatic nitrogens is 1. The Kier molecular flexibility index (Phi) is 7.31. The molecule has 0 aliphatic carbocycles. The minimum absolute atomic E-state index is 0.0648. The van der Waals surface area contributed by atoms with E-state index >= 15 is 0 Å². The van der Waals surface area contributed by atoms with Gasteiger partial charge in [-0.1, -0.05) is 30.3 Å². The van der Waals surface area contributed by atoms with Crippen LogP contribution in [-0.4, -0.2) is 62.5 Å². The summed E-state index contributed by atoms with van der Waals surface area (Å²) < 4.78 is 37.1. The van der Waals surface area contributed by atoms with Gasteiger partial charge in [0.15, 0.2) is 6.61 Å². The number of pyridine rings is 1. The number of nitrogens with zero attached hydrogens (tertiary/aromatic N) is 2. The number of carbonyl (C=O) groups is 2. The molecule has 2 heterocycles. The van der Waals surface area contributed by atoms with Crippen LogP contribution in [0.5, 0.6) is 0 Å². The average Bonchev–Trinajstić information content (AvgIpc) is 2.87. The van der Waals surface area contributed by atoms with Crippen molar-refractivity contribution in [3.8, 4) is 0 Å². The minimum Gasteiger partial charge on any atom is -0.452 e. The summed E-state index contributed by atoms with van der Waals surface area (Å²) in [7, 11) is -3.69. The van der Waals surface area contributed by atoms with Gasteiger partial charge in [0.1, 0.15) is 0 Å². The Morgan fingerprint density at radius 1 is 1.06 bits per heavy atom. The van der Waals surface area contributed by atoms with E-state index in [-0.39, 0.29) is 23.7 Å². The summed E-state index contributed by atoms with van der Waals surface area (Å²) in [6, 6.07) is 17.2. The van der Waals surface area contributed by atoms with E-state index in [0.29, 0.717) is 18.9 Å². The topological polar surface area (TPSA) is 115 Å². The second-order valence-electron chi connectivity index (χ2n) is 7.46. The number of hydrogen-bond acceptors (Lipinski definition) is 7. The number of amides is 1. The molecule has 1 aliphatic rings. The molecule has 176 valence electrons. The monoisotopic (exact) mass is 481 g/mol. The number of para-hydroxylation sites is 1. The first-order valence-electron chi connectivity index (χ1n) is 10.6. The molecule has 4 rings (SSSR count). The second kappa shape index (κ2) is 10.6. The van der Waals surface area contributed by atoms with Crippen molar-refractivity contribution in [2.24, 2.45) is 0 Å². The highest BCUT2D eigenvalue weighted by Crippen LogP contribution is 2.20. The van der Waals surface area contributed by atoms with Crippen LogP contribution in [0, 0.1) is 0 Å². The molecule has 3 aromatic rings. The average molecular weight is 482 g/mol. The van der Waals surface area contributed by atoms with Crippen molar-refractivity contribution in [1.29, 1.82) is 0 Å². The van der Waals surface area contributed by atoms with Gasteiger partial charge in [0.2, 0.25) is 10.0 Å². The van der Waals surface area contributed by atoms with E-state index in [1.165, 1.54) is 34.7 Å². The fourth-order valence-electron chi connectivity index (χ4n) is 3.38. The van der Waals surface area contributed by atoms with Crippen molar-refractivity contribution in [1.82, 2.24) is 9.29 Å². The third kappa shape index (κ3) is 5.84. The first kappa shape index (κ1) is 23.6. The number of fused-ring (bicyclic) bond motifs is 1. The molecule has 9 nitrogen and oxygen atoms in total. The Labute approximate surface area is 197 Å². The summed E-state index contributed by atoms with van der Waals surface area (Å²) in [6.45, 7) is 0.710. The second-order valence-corrected chi connectivity index (χ2v) is 9.40. The van der Waals surface area contributed by atoms with Gasteiger partial charge in [0.25, 0.3) is 5.91 Å². The maximum absolute atomic E-state index is 12.8. The van der Waals surface area contributed by atoms with Gasteiger partial charge in [-0.2, -0.15) is 4.31 Å². The molecular formula is C24H23N3O6S. The third-order valence-electron chi connectivity index (χ3n) is 5.08. The van der Waals surface area contributed by atoms with E-state index in [1.54, 1.807) is 12.1 Å². The van der Waals surface area contributed by atoms with Crippen molar-refractivity contribution < 1.29 is 27.5 Å². The van der Waals surface area contributed by atoms with Crippen LogP contribution in [0.4, 0.5) is 5.69 Å². The number of anilines is 1. The van der Waals surface area contributed by atoms with Crippen molar-refractivity contribution in [2.75, 3.05) is 38.2 Å². The van der Waals surface area contributed by atoms with E-state index in [1.807, 2.05) is 30.3 Å². The molecular weight excluding hydrogens is 458 g/mol. The fourth-order valence-corrected chi connectivity index (χ4v) is 4.83. The highest BCUT2D eigenvalue weighted by Gasteiger charge is 2.26. The first-order valence-corrected chi connectivity index (χ1v) is 12.0. The summed E-state index contributed by atoms with van der Waals surface area (Å²) in [4.78, 5) is 28.7. The smallest absolute Gasteiger partial charge is 0.331 e. The molecule has 0 saturated carbocycles. The Morgan fingerprint density at radius 2 is 1.85 bits per heavy atom. The SMILES string of the molecule is O=C(COC(=O)/C=C/c1ccc2ccccc2n1)Nc1cccc(S(=O)(=O)N2CCOCC2)c1. The molecule has 1 aromatic heterocycles. The summed E-state index contributed by atoms with van der Waals surface area (Å²) in [5.74, 6) is -1.29. The molecule has 0 radical (unpaired) electrons. The van der Waals surface area contributed by atoms with Gasteiger partial charge in [-0.3, -0.25) is 4.79 Å². The Hall–Kier alpha value is -3.60. The largest absolute Gasteiger partial charge is 0.452 e. The number of morpholine rings is 1. The van der Waals surface area contributed by atoms with Crippen LogP contribution in [0.2, 0.25) is 0 Å². The lowest BCUT2D eigenvalue weighted by Crippen LogP contribution is -2.40. The van der Waals surface area contributed by atoms with E-state index in [0.717, 1.165) is 10.9 Å². The molecule has 1 amide bonds. The van der Waals surface area contributed by atoms with Crippen LogP contribution in [0.3, 0.4) is 0 Å². The predicted molar refractivity (Wildman–Crippen MR) is 126 cm³/mol. The zero-order valence-electron chi connectivity index (χ0n) is 18.2. The maximum Gasteiger partial charge on any atom is 0.331 e.